The van der Waals surface area contributed by atoms with Crippen molar-refractivity contribution in [3.63, 3.8) is 0 Å². The van der Waals surface area contributed by atoms with E-state index >= 15 is 0 Å². The average molecular weight is 326 g/mol. The molecule has 0 spiro atoms. The fourth-order valence-electron chi connectivity index (χ4n) is 3.57. The topological polar surface area (TPSA) is 23.6 Å². The van der Waals surface area contributed by atoms with Crippen molar-refractivity contribution in [2.45, 2.75) is 12.1 Å². The Hall–Kier alpha value is -2.69. The van der Waals surface area contributed by atoms with Crippen LogP contribution in [-0.4, -0.2) is 35.5 Å². The van der Waals surface area contributed by atoms with E-state index in [1.54, 1.807) is 16.8 Å². The van der Waals surface area contributed by atoms with Gasteiger partial charge in [0.1, 0.15) is 11.6 Å². The molecule has 0 N–H and O–H groups in total. The molecule has 1 saturated heterocycles. The van der Waals surface area contributed by atoms with E-state index in [4.69, 9.17) is 0 Å². The molecule has 2 aliphatic heterocycles. The number of hydrogen-bond donors (Lipinski definition) is 0. The lowest BCUT2D eigenvalue weighted by atomic mass is 9.98. The smallest absolute Gasteiger partial charge is 0.321 e. The highest BCUT2D eigenvalue weighted by molar-refractivity contribution is 5.87. The number of nitrogens with zero attached hydrogens (tertiary/aromatic N) is 2. The molecule has 2 heterocycles. The van der Waals surface area contributed by atoms with Gasteiger partial charge in [0.05, 0.1) is 12.1 Å². The van der Waals surface area contributed by atoms with E-state index in [0.29, 0.717) is 12.1 Å². The maximum Gasteiger partial charge on any atom is 0.321 e. The standard InChI is InChI=1S/C19H16F2N2O/c1-22-11-18-15(14-9-13(20)7-8-16(14)21)10-17(23(18)19(22)24)12-5-3-2-4-6-12/h2-10,17-18H,11H2,1H3/t17-,18-/m0/s1. The number of rotatable bonds is 2. The highest BCUT2D eigenvalue weighted by atomic mass is 19.1. The molecule has 0 saturated carbocycles. The Morgan fingerprint density at radius 3 is 2.58 bits per heavy atom. The molecule has 2 aromatic carbocycles. The highest BCUT2D eigenvalue weighted by Crippen LogP contribution is 2.43. The van der Waals surface area contributed by atoms with Crippen LogP contribution >= 0.6 is 0 Å². The van der Waals surface area contributed by atoms with Crippen LogP contribution in [0.15, 0.2) is 54.6 Å². The van der Waals surface area contributed by atoms with Gasteiger partial charge in [0.2, 0.25) is 0 Å². The third kappa shape index (κ3) is 2.19. The van der Waals surface area contributed by atoms with Crippen LogP contribution in [0.2, 0.25) is 0 Å². The summed E-state index contributed by atoms with van der Waals surface area (Å²) in [5.74, 6) is -0.960. The molecule has 0 radical (unpaired) electrons. The van der Waals surface area contributed by atoms with Crippen molar-refractivity contribution in [2.24, 2.45) is 0 Å². The monoisotopic (exact) mass is 326 g/mol. The van der Waals surface area contributed by atoms with Gasteiger partial charge in [-0.25, -0.2) is 13.6 Å². The minimum absolute atomic E-state index is 0.100. The fraction of sp³-hybridized carbons (Fsp3) is 0.211. The quantitative estimate of drug-likeness (QED) is 0.822. The molecule has 5 heteroatoms. The molecule has 0 aromatic heterocycles. The molecule has 2 aliphatic rings. The van der Waals surface area contributed by atoms with E-state index in [2.05, 4.69) is 0 Å². The Balaban J connectivity index is 1.84. The Morgan fingerprint density at radius 1 is 1.08 bits per heavy atom. The zero-order valence-electron chi connectivity index (χ0n) is 13.1. The molecular weight excluding hydrogens is 310 g/mol. The van der Waals surface area contributed by atoms with Crippen LogP contribution in [0.3, 0.4) is 0 Å². The van der Waals surface area contributed by atoms with Crippen LogP contribution in [0.4, 0.5) is 13.6 Å². The Kier molecular flexibility index (Phi) is 3.37. The van der Waals surface area contributed by atoms with E-state index in [1.807, 2.05) is 36.4 Å². The lowest BCUT2D eigenvalue weighted by Gasteiger charge is -2.24. The summed E-state index contributed by atoms with van der Waals surface area (Å²) in [6, 6.07) is 12.4. The molecule has 3 nitrogen and oxygen atoms in total. The van der Waals surface area contributed by atoms with E-state index < -0.39 is 11.6 Å². The summed E-state index contributed by atoms with van der Waals surface area (Å²) in [5, 5.41) is 0. The van der Waals surface area contributed by atoms with Crippen molar-refractivity contribution in [3.05, 3.63) is 77.4 Å². The molecule has 1 fully saturated rings. The summed E-state index contributed by atoms with van der Waals surface area (Å²) in [7, 11) is 1.72. The van der Waals surface area contributed by atoms with Crippen molar-refractivity contribution in [1.82, 2.24) is 9.80 Å². The third-order valence-electron chi connectivity index (χ3n) is 4.71. The van der Waals surface area contributed by atoms with Crippen LogP contribution in [-0.2, 0) is 0 Å². The summed E-state index contributed by atoms with van der Waals surface area (Å²) in [4.78, 5) is 15.9. The Labute approximate surface area is 138 Å². The number of carbonyl (C=O) groups excluding carboxylic acids is 1. The molecule has 122 valence electrons. The maximum absolute atomic E-state index is 14.3. The molecule has 0 aliphatic carbocycles. The molecule has 2 amide bonds. The first-order chi connectivity index (χ1) is 11.6. The number of benzene rings is 2. The zero-order valence-corrected chi connectivity index (χ0v) is 13.1. The number of likely N-dealkylation sites (N-methyl/N-ethyl adjacent to an activating group) is 1. The van der Waals surface area contributed by atoms with Gasteiger partial charge in [0.25, 0.3) is 0 Å². The summed E-state index contributed by atoms with van der Waals surface area (Å²) in [6.45, 7) is 0.462. The normalized spacial score (nSPS) is 22.8. The van der Waals surface area contributed by atoms with E-state index in [1.165, 1.54) is 6.07 Å². The predicted molar refractivity (Wildman–Crippen MR) is 87.2 cm³/mol. The Morgan fingerprint density at radius 2 is 1.83 bits per heavy atom. The first-order valence-corrected chi connectivity index (χ1v) is 7.82. The molecular formula is C19H16F2N2O. The number of fused-ring (bicyclic) bond motifs is 1. The second-order valence-corrected chi connectivity index (χ2v) is 6.19. The predicted octanol–water partition coefficient (Wildman–Crippen LogP) is 3.84. The SMILES string of the molecule is CN1C[C@H]2C(c3cc(F)ccc3F)=C[C@@H](c3ccccc3)N2C1=O. The minimum atomic E-state index is -0.486. The first-order valence-electron chi connectivity index (χ1n) is 7.82. The molecule has 24 heavy (non-hydrogen) atoms. The van der Waals surface area contributed by atoms with Gasteiger partial charge in [-0.2, -0.15) is 0 Å². The number of carbonyl (C=O) groups is 1. The zero-order chi connectivity index (χ0) is 16.8. The van der Waals surface area contributed by atoms with Crippen LogP contribution < -0.4 is 0 Å². The van der Waals surface area contributed by atoms with Gasteiger partial charge in [0, 0.05) is 19.2 Å². The number of halogens is 2. The molecule has 0 bridgehead atoms. The van der Waals surface area contributed by atoms with Crippen molar-refractivity contribution in [1.29, 1.82) is 0 Å². The van der Waals surface area contributed by atoms with Crippen molar-refractivity contribution < 1.29 is 13.6 Å². The maximum atomic E-state index is 14.3. The summed E-state index contributed by atoms with van der Waals surface area (Å²) in [5.41, 5.74) is 1.85. The van der Waals surface area contributed by atoms with Crippen LogP contribution in [0, 0.1) is 11.6 Å². The largest absolute Gasteiger partial charge is 0.325 e. The van der Waals surface area contributed by atoms with Crippen LogP contribution in [0.25, 0.3) is 5.57 Å². The van der Waals surface area contributed by atoms with Crippen molar-refractivity contribution >= 4 is 11.6 Å². The summed E-state index contributed by atoms with van der Waals surface area (Å²) in [6.07, 6.45) is 1.88. The fourth-order valence-corrected chi connectivity index (χ4v) is 3.57. The van der Waals surface area contributed by atoms with E-state index in [9.17, 15) is 13.6 Å². The van der Waals surface area contributed by atoms with Gasteiger partial charge < -0.3 is 9.80 Å². The number of amides is 2. The van der Waals surface area contributed by atoms with Crippen molar-refractivity contribution in [3.8, 4) is 0 Å². The minimum Gasteiger partial charge on any atom is -0.325 e. The van der Waals surface area contributed by atoms with E-state index in [0.717, 1.165) is 17.7 Å². The second kappa shape index (κ2) is 5.44. The first kappa shape index (κ1) is 14.9. The summed E-state index contributed by atoms with van der Waals surface area (Å²) >= 11 is 0. The van der Waals surface area contributed by atoms with Crippen molar-refractivity contribution in [2.75, 3.05) is 13.6 Å². The third-order valence-corrected chi connectivity index (χ3v) is 4.71. The summed E-state index contributed by atoms with van der Waals surface area (Å²) < 4.78 is 27.9. The van der Waals surface area contributed by atoms with Gasteiger partial charge in [-0.15, -0.1) is 0 Å². The van der Waals surface area contributed by atoms with Gasteiger partial charge in [-0.3, -0.25) is 0 Å². The van der Waals surface area contributed by atoms with E-state index in [-0.39, 0.29) is 23.7 Å². The molecule has 4 rings (SSSR count). The van der Waals surface area contributed by atoms with Crippen LogP contribution in [0.1, 0.15) is 17.2 Å². The van der Waals surface area contributed by atoms with Gasteiger partial charge in [-0.05, 0) is 29.3 Å². The van der Waals surface area contributed by atoms with Gasteiger partial charge in [-0.1, -0.05) is 36.4 Å². The average Bonchev–Trinajstić information content (AvgIpc) is 3.09. The Bertz CT molecular complexity index is 835. The van der Waals surface area contributed by atoms with Crippen LogP contribution in [0.5, 0.6) is 0 Å². The molecule has 0 unspecified atom stereocenters. The lowest BCUT2D eigenvalue weighted by molar-refractivity contribution is 0.189. The highest BCUT2D eigenvalue weighted by Gasteiger charge is 2.46. The lowest BCUT2D eigenvalue weighted by Crippen LogP contribution is -2.33. The van der Waals surface area contributed by atoms with Gasteiger partial charge in [0.15, 0.2) is 0 Å². The van der Waals surface area contributed by atoms with Gasteiger partial charge >= 0.3 is 6.03 Å². The number of hydrogen-bond acceptors (Lipinski definition) is 1. The molecule has 2 aromatic rings. The second-order valence-electron chi connectivity index (χ2n) is 6.19. The number of urea groups is 1. The molecule has 2 atom stereocenters.